The third-order valence-electron chi connectivity index (χ3n) is 6.68. The molecule has 0 bridgehead atoms. The fraction of sp³-hybridized carbons (Fsp3) is 0.355. The molecule has 10 nitrogen and oxygen atoms in total. The monoisotopic (exact) mass is 558 g/mol. The van der Waals surface area contributed by atoms with Crippen molar-refractivity contribution in [1.82, 2.24) is 20.3 Å². The van der Waals surface area contributed by atoms with Crippen molar-refractivity contribution >= 4 is 28.3 Å². The summed E-state index contributed by atoms with van der Waals surface area (Å²) in [5, 5.41) is 12.5. The minimum absolute atomic E-state index is 0.0648. The van der Waals surface area contributed by atoms with Crippen molar-refractivity contribution in [3.8, 4) is 11.5 Å². The first-order valence-corrected chi connectivity index (χ1v) is 13.8. The van der Waals surface area contributed by atoms with Gasteiger partial charge in [-0.2, -0.15) is 0 Å². The number of aromatic nitrogens is 3. The van der Waals surface area contributed by atoms with E-state index in [4.69, 9.17) is 20.2 Å². The molecule has 0 aliphatic heterocycles. The second-order valence-corrected chi connectivity index (χ2v) is 9.67. The van der Waals surface area contributed by atoms with E-state index in [1.165, 1.54) is 0 Å². The van der Waals surface area contributed by atoms with E-state index in [1.54, 1.807) is 32.7 Å². The number of hydrogen-bond acceptors (Lipinski definition) is 9. The molecule has 0 saturated carbocycles. The first-order valence-electron chi connectivity index (χ1n) is 13.8. The largest absolute Gasteiger partial charge is 0.497 e. The van der Waals surface area contributed by atoms with Crippen LogP contribution in [0.4, 0.5) is 11.4 Å². The Balaban J connectivity index is 1.55. The Morgan fingerprint density at radius 3 is 2.46 bits per heavy atom. The van der Waals surface area contributed by atoms with Gasteiger partial charge in [-0.1, -0.05) is 6.42 Å². The first-order chi connectivity index (χ1) is 20.0. The maximum absolute atomic E-state index is 12.6. The molecule has 0 spiro atoms. The summed E-state index contributed by atoms with van der Waals surface area (Å²) in [4.78, 5) is 28.4. The Kier molecular flexibility index (Phi) is 10.8. The number of aliphatic hydroxyl groups excluding tert-OH is 1. The number of methoxy groups -OCH3 is 2. The maximum atomic E-state index is 12.6. The van der Waals surface area contributed by atoms with Crippen LogP contribution in [-0.4, -0.2) is 66.4 Å². The fourth-order valence-electron chi connectivity index (χ4n) is 4.53. The zero-order chi connectivity index (χ0) is 29.0. The molecule has 0 saturated heterocycles. The van der Waals surface area contributed by atoms with Crippen LogP contribution in [0.15, 0.2) is 60.9 Å². The van der Waals surface area contributed by atoms with Crippen LogP contribution in [0.3, 0.4) is 0 Å². The van der Waals surface area contributed by atoms with Crippen LogP contribution in [0.5, 0.6) is 11.5 Å². The van der Waals surface area contributed by atoms with Gasteiger partial charge in [0.25, 0.3) is 5.91 Å². The van der Waals surface area contributed by atoms with Crippen LogP contribution >= 0.6 is 0 Å². The number of aliphatic hydroxyl groups is 1. The summed E-state index contributed by atoms with van der Waals surface area (Å²) in [6, 6.07) is 15.3. The number of pyridine rings is 1. The third kappa shape index (κ3) is 8.12. The van der Waals surface area contributed by atoms with Gasteiger partial charge >= 0.3 is 0 Å². The number of unbranched alkanes of at least 4 members (excludes halogenated alkanes) is 2. The highest BCUT2D eigenvalue weighted by Gasteiger charge is 2.14. The van der Waals surface area contributed by atoms with E-state index in [9.17, 15) is 9.90 Å². The lowest BCUT2D eigenvalue weighted by Crippen LogP contribution is -2.25. The van der Waals surface area contributed by atoms with Gasteiger partial charge in [0.15, 0.2) is 0 Å². The lowest BCUT2D eigenvalue weighted by atomic mass is 10.1. The molecule has 41 heavy (non-hydrogen) atoms. The Bertz CT molecular complexity index is 1430. The number of nitrogens with zero attached hydrogens (tertiary/aromatic N) is 4. The van der Waals surface area contributed by atoms with E-state index in [0.717, 1.165) is 52.9 Å². The number of nitrogens with one attached hydrogen (secondary N) is 1. The SMILES string of the molecule is COc1cc(OC)cc(N(CCCO)c2ccc3ncc(Cc4ccnc(C(=O)NCCCCCN)c4)nc3c2)c1. The van der Waals surface area contributed by atoms with Crippen LogP contribution in [-0.2, 0) is 6.42 Å². The van der Waals surface area contributed by atoms with Crippen molar-refractivity contribution in [2.45, 2.75) is 32.1 Å². The molecule has 4 N–H and O–H groups in total. The number of nitrogens with two attached hydrogens (primary N) is 1. The molecule has 0 atom stereocenters. The first kappa shape index (κ1) is 29.7. The average Bonchev–Trinajstić information content (AvgIpc) is 3.00. The van der Waals surface area contributed by atoms with Crippen LogP contribution < -0.4 is 25.4 Å². The number of amides is 1. The zero-order valence-electron chi connectivity index (χ0n) is 23.7. The number of fused-ring (bicyclic) bond motifs is 1. The molecular formula is C31H38N6O4. The number of ether oxygens (including phenoxy) is 2. The molecule has 10 heteroatoms. The van der Waals surface area contributed by atoms with Crippen LogP contribution in [0.25, 0.3) is 11.0 Å². The summed E-state index contributed by atoms with van der Waals surface area (Å²) in [7, 11) is 3.24. The van der Waals surface area contributed by atoms with Crippen LogP contribution in [0.2, 0.25) is 0 Å². The predicted molar refractivity (Wildman–Crippen MR) is 160 cm³/mol. The molecule has 2 aromatic carbocycles. The van der Waals surface area contributed by atoms with Crippen molar-refractivity contribution < 1.29 is 19.4 Å². The molecule has 0 unspecified atom stereocenters. The summed E-state index contributed by atoms with van der Waals surface area (Å²) in [5.41, 5.74) is 10.9. The van der Waals surface area contributed by atoms with E-state index < -0.39 is 0 Å². The average molecular weight is 559 g/mol. The molecule has 2 heterocycles. The van der Waals surface area contributed by atoms with Gasteiger partial charge in [-0.05, 0) is 61.7 Å². The van der Waals surface area contributed by atoms with Gasteiger partial charge in [0.1, 0.15) is 17.2 Å². The summed E-state index contributed by atoms with van der Waals surface area (Å²) in [6.07, 6.45) is 7.32. The Hall–Kier alpha value is -4.28. The van der Waals surface area contributed by atoms with Gasteiger partial charge in [0.05, 0.1) is 30.9 Å². The molecule has 4 aromatic rings. The summed E-state index contributed by atoms with van der Waals surface area (Å²) < 4.78 is 10.9. The van der Waals surface area contributed by atoms with E-state index in [-0.39, 0.29) is 12.5 Å². The van der Waals surface area contributed by atoms with Gasteiger partial charge < -0.3 is 30.5 Å². The van der Waals surface area contributed by atoms with Crippen molar-refractivity contribution in [3.63, 3.8) is 0 Å². The highest BCUT2D eigenvalue weighted by atomic mass is 16.5. The van der Waals surface area contributed by atoms with Gasteiger partial charge in [-0.25, -0.2) is 4.98 Å². The number of hydrogen-bond donors (Lipinski definition) is 3. The number of rotatable bonds is 15. The maximum Gasteiger partial charge on any atom is 0.269 e. The zero-order valence-corrected chi connectivity index (χ0v) is 23.7. The van der Waals surface area contributed by atoms with Gasteiger partial charge in [0, 0.05) is 68.1 Å². The van der Waals surface area contributed by atoms with E-state index in [1.807, 2.05) is 42.5 Å². The van der Waals surface area contributed by atoms with Crippen LogP contribution in [0.1, 0.15) is 47.4 Å². The van der Waals surface area contributed by atoms with Gasteiger partial charge in [-0.15, -0.1) is 0 Å². The number of benzene rings is 2. The molecule has 0 aliphatic carbocycles. The number of anilines is 2. The smallest absolute Gasteiger partial charge is 0.269 e. The molecule has 4 rings (SSSR count). The highest BCUT2D eigenvalue weighted by Crippen LogP contribution is 2.34. The molecule has 0 fully saturated rings. The van der Waals surface area contributed by atoms with Crippen molar-refractivity contribution in [3.05, 3.63) is 77.9 Å². The highest BCUT2D eigenvalue weighted by molar-refractivity contribution is 5.92. The second kappa shape index (κ2) is 14.9. The molecular weight excluding hydrogens is 520 g/mol. The lowest BCUT2D eigenvalue weighted by molar-refractivity contribution is 0.0948. The van der Waals surface area contributed by atoms with Crippen molar-refractivity contribution in [2.24, 2.45) is 5.73 Å². The van der Waals surface area contributed by atoms with Crippen molar-refractivity contribution in [2.75, 3.05) is 45.4 Å². The number of carbonyl (C=O) groups is 1. The standard InChI is InChI=1S/C31H38N6O4/c1-40-26-17-25(18-27(20-26)41-2)37(13-6-14-38)24-7-8-28-29(19-24)36-23(21-35-28)15-22-9-12-33-30(16-22)31(39)34-11-5-3-4-10-32/h7-9,12,16-21,38H,3-6,10-11,13-15,32H2,1-2H3,(H,34,39). The minimum Gasteiger partial charge on any atom is -0.497 e. The van der Waals surface area contributed by atoms with E-state index >= 15 is 0 Å². The topological polar surface area (TPSA) is 136 Å². The third-order valence-corrected chi connectivity index (χ3v) is 6.68. The predicted octanol–water partition coefficient (Wildman–Crippen LogP) is 4.01. The molecule has 1 amide bonds. The fourth-order valence-corrected chi connectivity index (χ4v) is 4.53. The normalized spacial score (nSPS) is 10.9. The molecule has 0 radical (unpaired) electrons. The minimum atomic E-state index is -0.189. The molecule has 0 aliphatic rings. The van der Waals surface area contributed by atoms with Crippen LogP contribution in [0, 0.1) is 0 Å². The summed E-state index contributed by atoms with van der Waals surface area (Å²) in [6.45, 7) is 1.91. The Labute approximate surface area is 240 Å². The molecule has 2 aromatic heterocycles. The molecule has 216 valence electrons. The quantitative estimate of drug-likeness (QED) is 0.185. The lowest BCUT2D eigenvalue weighted by Gasteiger charge is -2.26. The summed E-state index contributed by atoms with van der Waals surface area (Å²) >= 11 is 0. The second-order valence-electron chi connectivity index (χ2n) is 9.67. The van der Waals surface area contributed by atoms with Gasteiger partial charge in [0.2, 0.25) is 0 Å². The number of carbonyl (C=O) groups excluding carboxylic acids is 1. The van der Waals surface area contributed by atoms with E-state index in [2.05, 4.69) is 20.2 Å². The Morgan fingerprint density at radius 1 is 0.927 bits per heavy atom. The van der Waals surface area contributed by atoms with E-state index in [0.29, 0.717) is 49.7 Å². The summed E-state index contributed by atoms with van der Waals surface area (Å²) in [5.74, 6) is 1.16. The Morgan fingerprint density at radius 2 is 1.73 bits per heavy atom. The van der Waals surface area contributed by atoms with Gasteiger partial charge in [-0.3, -0.25) is 14.8 Å². The van der Waals surface area contributed by atoms with Crippen molar-refractivity contribution in [1.29, 1.82) is 0 Å².